The van der Waals surface area contributed by atoms with Crippen molar-refractivity contribution in [1.82, 2.24) is 0 Å². The zero-order valence-corrected chi connectivity index (χ0v) is 22.0. The Bertz CT molecular complexity index is 956. The van der Waals surface area contributed by atoms with Crippen LogP contribution in [0.1, 0.15) is 80.1 Å². The van der Waals surface area contributed by atoms with E-state index < -0.39 is 0 Å². The van der Waals surface area contributed by atoms with E-state index >= 15 is 0 Å². The summed E-state index contributed by atoms with van der Waals surface area (Å²) in [7, 11) is 0. The molecule has 0 saturated heterocycles. The van der Waals surface area contributed by atoms with Crippen LogP contribution in [0.25, 0.3) is 0 Å². The molecule has 0 heterocycles. The zero-order valence-electron chi connectivity index (χ0n) is 22.0. The molecule has 0 radical (unpaired) electrons. The standard InChI is InChI=1S/C31H43NO2/c1-7-8-9-22-34-28-18-16-27(17-19-28)32-30(33)23-25(3)13-10-12-24(2)15-20-29-26(4)14-11-21-31(29,5)6/h10,12-13,15-20,23H,7-9,11,14,21-22H2,1-6H3,(H,32,33)/b13-10+,20-15+,24-12+,25-23+. The molecule has 1 aliphatic carbocycles. The van der Waals surface area contributed by atoms with Crippen LogP contribution in [0, 0.1) is 5.41 Å². The maximum Gasteiger partial charge on any atom is 0.248 e. The van der Waals surface area contributed by atoms with Gasteiger partial charge in [-0.25, -0.2) is 0 Å². The Morgan fingerprint density at radius 2 is 1.82 bits per heavy atom. The van der Waals surface area contributed by atoms with Gasteiger partial charge in [-0.3, -0.25) is 4.79 Å². The summed E-state index contributed by atoms with van der Waals surface area (Å²) in [5.74, 6) is 0.694. The van der Waals surface area contributed by atoms with E-state index in [2.05, 4.69) is 58.2 Å². The van der Waals surface area contributed by atoms with Crippen molar-refractivity contribution in [2.75, 3.05) is 11.9 Å². The van der Waals surface area contributed by atoms with E-state index in [9.17, 15) is 4.79 Å². The Balaban J connectivity index is 1.87. The highest BCUT2D eigenvalue weighted by atomic mass is 16.5. The molecule has 3 nitrogen and oxygen atoms in total. The minimum Gasteiger partial charge on any atom is -0.494 e. The van der Waals surface area contributed by atoms with Gasteiger partial charge in [0.05, 0.1) is 6.61 Å². The first-order valence-electron chi connectivity index (χ1n) is 12.7. The molecule has 184 valence electrons. The largest absolute Gasteiger partial charge is 0.494 e. The molecule has 1 aliphatic rings. The Morgan fingerprint density at radius 1 is 1.09 bits per heavy atom. The number of benzene rings is 1. The van der Waals surface area contributed by atoms with Gasteiger partial charge in [0.2, 0.25) is 5.91 Å². The number of hydrogen-bond donors (Lipinski definition) is 1. The van der Waals surface area contributed by atoms with Gasteiger partial charge < -0.3 is 10.1 Å². The zero-order chi connectivity index (χ0) is 25.0. The summed E-state index contributed by atoms with van der Waals surface area (Å²) in [4.78, 5) is 12.3. The molecule has 3 heteroatoms. The molecule has 0 unspecified atom stereocenters. The molecule has 0 aromatic heterocycles. The highest BCUT2D eigenvalue weighted by Crippen LogP contribution is 2.40. The molecule has 1 aromatic rings. The lowest BCUT2D eigenvalue weighted by molar-refractivity contribution is -0.111. The Hall–Kier alpha value is -2.81. The second-order valence-corrected chi connectivity index (χ2v) is 9.99. The van der Waals surface area contributed by atoms with Gasteiger partial charge in [0.15, 0.2) is 0 Å². The van der Waals surface area contributed by atoms with Gasteiger partial charge in [0, 0.05) is 11.8 Å². The van der Waals surface area contributed by atoms with Gasteiger partial charge in [-0.1, -0.05) is 75.1 Å². The van der Waals surface area contributed by atoms with Crippen LogP contribution in [0.4, 0.5) is 5.69 Å². The molecule has 2 rings (SSSR count). The normalized spacial score (nSPS) is 17.0. The molecule has 34 heavy (non-hydrogen) atoms. The number of unbranched alkanes of at least 4 members (excludes halogenated alkanes) is 2. The van der Waals surface area contributed by atoms with E-state index in [1.165, 1.54) is 48.8 Å². The lowest BCUT2D eigenvalue weighted by Gasteiger charge is -2.32. The molecule has 1 N–H and O–H groups in total. The van der Waals surface area contributed by atoms with Crippen molar-refractivity contribution in [3.8, 4) is 5.75 Å². The van der Waals surface area contributed by atoms with Crippen molar-refractivity contribution >= 4 is 11.6 Å². The number of ether oxygens (including phenoxy) is 1. The van der Waals surface area contributed by atoms with Crippen LogP contribution >= 0.6 is 0 Å². The van der Waals surface area contributed by atoms with Crippen molar-refractivity contribution in [3.63, 3.8) is 0 Å². The van der Waals surface area contributed by atoms with Gasteiger partial charge in [0.1, 0.15) is 5.75 Å². The van der Waals surface area contributed by atoms with Crippen LogP contribution < -0.4 is 10.1 Å². The van der Waals surface area contributed by atoms with Crippen LogP contribution in [0.2, 0.25) is 0 Å². The Kier molecular flexibility index (Phi) is 11.1. The van der Waals surface area contributed by atoms with Gasteiger partial charge in [-0.2, -0.15) is 0 Å². The summed E-state index contributed by atoms with van der Waals surface area (Å²) in [6.45, 7) is 13.9. The van der Waals surface area contributed by atoms with Crippen LogP contribution in [-0.4, -0.2) is 12.5 Å². The number of nitrogens with one attached hydrogen (secondary N) is 1. The predicted molar refractivity (Wildman–Crippen MR) is 146 cm³/mol. The number of anilines is 1. The number of rotatable bonds is 11. The third-order valence-electron chi connectivity index (χ3n) is 6.27. The molecular formula is C31H43NO2. The van der Waals surface area contributed by atoms with E-state index in [1.807, 2.05) is 43.3 Å². The Morgan fingerprint density at radius 3 is 2.50 bits per heavy atom. The third kappa shape index (κ3) is 9.59. The maximum atomic E-state index is 12.3. The average Bonchev–Trinajstić information content (AvgIpc) is 2.77. The molecule has 0 bridgehead atoms. The van der Waals surface area contributed by atoms with Crippen LogP contribution in [0.15, 0.2) is 83.0 Å². The number of carbonyl (C=O) groups is 1. The molecule has 0 atom stereocenters. The predicted octanol–water partition coefficient (Wildman–Crippen LogP) is 8.73. The fourth-order valence-electron chi connectivity index (χ4n) is 4.24. The lowest BCUT2D eigenvalue weighted by atomic mass is 9.72. The van der Waals surface area contributed by atoms with Crippen molar-refractivity contribution in [1.29, 1.82) is 0 Å². The van der Waals surface area contributed by atoms with Crippen molar-refractivity contribution < 1.29 is 9.53 Å². The van der Waals surface area contributed by atoms with Crippen molar-refractivity contribution in [3.05, 3.63) is 83.0 Å². The van der Waals surface area contributed by atoms with Gasteiger partial charge >= 0.3 is 0 Å². The molecule has 1 amide bonds. The molecular weight excluding hydrogens is 418 g/mol. The summed E-state index contributed by atoms with van der Waals surface area (Å²) >= 11 is 0. The first-order valence-corrected chi connectivity index (χ1v) is 12.7. The number of allylic oxidation sites excluding steroid dienone is 9. The third-order valence-corrected chi connectivity index (χ3v) is 6.27. The minimum absolute atomic E-state index is 0.138. The van der Waals surface area contributed by atoms with Gasteiger partial charge in [-0.15, -0.1) is 0 Å². The summed E-state index contributed by atoms with van der Waals surface area (Å²) in [6.07, 6.45) is 19.3. The topological polar surface area (TPSA) is 38.3 Å². The molecule has 0 spiro atoms. The number of amides is 1. The van der Waals surface area contributed by atoms with Crippen LogP contribution in [-0.2, 0) is 4.79 Å². The highest BCUT2D eigenvalue weighted by Gasteiger charge is 2.26. The second-order valence-electron chi connectivity index (χ2n) is 9.99. The minimum atomic E-state index is -0.138. The quantitative estimate of drug-likeness (QED) is 0.203. The Labute approximate surface area is 207 Å². The van der Waals surface area contributed by atoms with E-state index in [4.69, 9.17) is 4.74 Å². The smallest absolute Gasteiger partial charge is 0.248 e. The fraction of sp³-hybridized carbons (Fsp3) is 0.452. The van der Waals surface area contributed by atoms with Crippen LogP contribution in [0.5, 0.6) is 5.75 Å². The first-order chi connectivity index (χ1) is 16.2. The molecule has 0 saturated carbocycles. The first kappa shape index (κ1) is 27.4. The van der Waals surface area contributed by atoms with E-state index in [1.54, 1.807) is 6.08 Å². The van der Waals surface area contributed by atoms with Gasteiger partial charge in [0.25, 0.3) is 0 Å². The SMILES string of the molecule is CCCCCOc1ccc(NC(=O)/C=C(C)/C=C/C=C(C)/C=C/C2=C(C)CCCC2(C)C)cc1. The monoisotopic (exact) mass is 461 g/mol. The molecule has 0 fully saturated rings. The number of carbonyl (C=O) groups excluding carboxylic acids is 1. The summed E-state index contributed by atoms with van der Waals surface area (Å²) < 4.78 is 5.72. The van der Waals surface area contributed by atoms with Crippen molar-refractivity contribution in [2.45, 2.75) is 80.1 Å². The van der Waals surface area contributed by atoms with Crippen LogP contribution in [0.3, 0.4) is 0 Å². The maximum absolute atomic E-state index is 12.3. The second kappa shape index (κ2) is 13.8. The number of hydrogen-bond acceptors (Lipinski definition) is 2. The average molecular weight is 462 g/mol. The van der Waals surface area contributed by atoms with Crippen molar-refractivity contribution in [2.24, 2.45) is 5.41 Å². The molecule has 1 aromatic carbocycles. The summed E-state index contributed by atoms with van der Waals surface area (Å²) in [5.41, 5.74) is 6.08. The summed E-state index contributed by atoms with van der Waals surface area (Å²) in [5, 5.41) is 2.91. The fourth-order valence-corrected chi connectivity index (χ4v) is 4.24. The van der Waals surface area contributed by atoms with Gasteiger partial charge in [-0.05, 0) is 87.3 Å². The highest BCUT2D eigenvalue weighted by molar-refractivity contribution is 6.00. The van der Waals surface area contributed by atoms with E-state index in [0.29, 0.717) is 0 Å². The molecule has 0 aliphatic heterocycles. The lowest BCUT2D eigenvalue weighted by Crippen LogP contribution is -2.19. The summed E-state index contributed by atoms with van der Waals surface area (Å²) in [6, 6.07) is 7.53. The van der Waals surface area contributed by atoms with E-state index in [0.717, 1.165) is 30.0 Å². The van der Waals surface area contributed by atoms with E-state index in [-0.39, 0.29) is 11.3 Å².